The molecule has 0 radical (unpaired) electrons. The molecule has 0 fully saturated rings. The second-order valence-electron chi connectivity index (χ2n) is 13.6. The summed E-state index contributed by atoms with van der Waals surface area (Å²) < 4.78 is 6.84. The number of rotatable bonds is 19. The summed E-state index contributed by atoms with van der Waals surface area (Å²) in [6.07, 6.45) is 15.5. The first-order valence-corrected chi connectivity index (χ1v) is 27.0. The molecular formula is C25H60OSi4. The fraction of sp³-hybridized carbons (Fsp3) is 1.00. The van der Waals surface area contributed by atoms with Crippen LogP contribution in [0.15, 0.2) is 0 Å². The third-order valence-electron chi connectivity index (χ3n) is 6.25. The lowest BCUT2D eigenvalue weighted by Crippen LogP contribution is -2.44. The maximum Gasteiger partial charge on any atom is 0.188 e. The molecule has 0 heterocycles. The summed E-state index contributed by atoms with van der Waals surface area (Å²) in [7, 11) is -4.70. The van der Waals surface area contributed by atoms with E-state index in [0.717, 1.165) is 6.23 Å². The Balaban J connectivity index is 4.42. The number of hydrogen-bond acceptors (Lipinski definition) is 1. The quantitative estimate of drug-likeness (QED) is 0.130. The summed E-state index contributed by atoms with van der Waals surface area (Å²) in [5, 5.41) is 0. The van der Waals surface area contributed by atoms with E-state index in [9.17, 15) is 0 Å². The molecule has 182 valence electrons. The molecule has 0 amide bonds. The van der Waals surface area contributed by atoms with Gasteiger partial charge in [0.25, 0.3) is 0 Å². The van der Waals surface area contributed by atoms with Crippen molar-refractivity contribution in [2.45, 2.75) is 154 Å². The molecule has 0 aromatic carbocycles. The van der Waals surface area contributed by atoms with Crippen molar-refractivity contribution >= 4 is 32.5 Å². The molecule has 0 aliphatic rings. The van der Waals surface area contributed by atoms with E-state index in [0.29, 0.717) is 0 Å². The minimum absolute atomic E-state index is 0.949. The first-order valence-electron chi connectivity index (χ1n) is 13.3. The average molecular weight is 489 g/mol. The van der Waals surface area contributed by atoms with Gasteiger partial charge in [-0.25, -0.2) is 0 Å². The molecule has 0 aromatic rings. The SMILES string of the molecule is CCCCCCCCCCCC[Si](C)(CC[Si](C)(C)C[Si](C)(C)C)OC[Si](C)(C)C. The van der Waals surface area contributed by atoms with Crippen LogP contribution in [0.1, 0.15) is 71.1 Å². The standard InChI is InChI=1S/C25H60OSi4/c1-11-12-13-14-15-16-17-18-19-20-21-30(10,26-24-27(2,3)4)23-22-29(8,9)25-28(5,6)7/h11-25H2,1-10H3. The zero-order chi connectivity index (χ0) is 23.3. The van der Waals surface area contributed by atoms with Crippen molar-refractivity contribution in [1.82, 2.24) is 0 Å². The minimum Gasteiger partial charge on any atom is -0.420 e. The minimum atomic E-state index is -1.55. The zero-order valence-electron chi connectivity index (χ0n) is 23.0. The van der Waals surface area contributed by atoms with Gasteiger partial charge in [0, 0.05) is 22.4 Å². The van der Waals surface area contributed by atoms with Crippen molar-refractivity contribution in [2.24, 2.45) is 0 Å². The van der Waals surface area contributed by atoms with Crippen LogP contribution in [-0.4, -0.2) is 38.8 Å². The highest BCUT2D eigenvalue weighted by atomic mass is 28.4. The Morgan fingerprint density at radius 3 is 1.40 bits per heavy atom. The third kappa shape index (κ3) is 19.5. The highest BCUT2D eigenvalue weighted by Gasteiger charge is 2.35. The Labute approximate surface area is 196 Å². The van der Waals surface area contributed by atoms with E-state index in [4.69, 9.17) is 4.43 Å². The van der Waals surface area contributed by atoms with Crippen LogP contribution in [0.3, 0.4) is 0 Å². The van der Waals surface area contributed by atoms with Gasteiger partial charge in [-0.3, -0.25) is 0 Å². The average Bonchev–Trinajstić information content (AvgIpc) is 2.58. The van der Waals surface area contributed by atoms with Crippen molar-refractivity contribution in [2.75, 3.05) is 6.23 Å². The smallest absolute Gasteiger partial charge is 0.188 e. The molecule has 1 nitrogen and oxygen atoms in total. The van der Waals surface area contributed by atoms with E-state index in [1.165, 1.54) is 82.3 Å². The molecule has 0 aliphatic carbocycles. The first kappa shape index (κ1) is 30.8. The molecular weight excluding hydrogens is 429 g/mol. The Morgan fingerprint density at radius 1 is 0.500 bits per heavy atom. The monoisotopic (exact) mass is 488 g/mol. The van der Waals surface area contributed by atoms with Gasteiger partial charge in [-0.1, -0.05) is 135 Å². The lowest BCUT2D eigenvalue weighted by molar-refractivity contribution is 0.359. The van der Waals surface area contributed by atoms with Crippen molar-refractivity contribution in [3.63, 3.8) is 0 Å². The summed E-state index contributed by atoms with van der Waals surface area (Å²) in [5.41, 5.74) is 1.58. The summed E-state index contributed by atoms with van der Waals surface area (Å²) in [6.45, 7) is 25.3. The molecule has 1 unspecified atom stereocenters. The topological polar surface area (TPSA) is 9.23 Å². The predicted octanol–water partition coefficient (Wildman–Crippen LogP) is 9.96. The molecule has 0 saturated heterocycles. The zero-order valence-corrected chi connectivity index (χ0v) is 27.0. The molecule has 5 heteroatoms. The van der Waals surface area contributed by atoms with Gasteiger partial charge in [-0.15, -0.1) is 0 Å². The normalized spacial score (nSPS) is 15.4. The molecule has 30 heavy (non-hydrogen) atoms. The summed E-state index contributed by atoms with van der Waals surface area (Å²) in [6, 6.07) is 4.34. The van der Waals surface area contributed by atoms with Gasteiger partial charge in [0.15, 0.2) is 8.32 Å². The van der Waals surface area contributed by atoms with Gasteiger partial charge in [0.05, 0.1) is 8.07 Å². The van der Waals surface area contributed by atoms with E-state index >= 15 is 0 Å². The molecule has 0 rings (SSSR count). The Morgan fingerprint density at radius 2 is 0.967 bits per heavy atom. The van der Waals surface area contributed by atoms with E-state index in [-0.39, 0.29) is 0 Å². The molecule has 0 aromatic heterocycles. The molecule has 0 spiro atoms. The number of unbranched alkanes of at least 4 members (excludes halogenated alkanes) is 9. The highest BCUT2D eigenvalue weighted by Crippen LogP contribution is 2.31. The molecule has 0 aliphatic heterocycles. The first-order chi connectivity index (χ1) is 13.7. The second-order valence-corrected chi connectivity index (χ2v) is 34.6. The van der Waals surface area contributed by atoms with Crippen LogP contribution in [0.4, 0.5) is 0 Å². The lowest BCUT2D eigenvalue weighted by Gasteiger charge is -2.35. The Hall–Kier alpha value is 0.828. The molecule has 0 N–H and O–H groups in total. The lowest BCUT2D eigenvalue weighted by atomic mass is 10.1. The van der Waals surface area contributed by atoms with Crippen molar-refractivity contribution < 1.29 is 4.43 Å². The third-order valence-corrected chi connectivity index (χ3v) is 21.3. The van der Waals surface area contributed by atoms with Crippen molar-refractivity contribution in [3.05, 3.63) is 0 Å². The number of hydrogen-bond donors (Lipinski definition) is 0. The van der Waals surface area contributed by atoms with Crippen LogP contribution in [0, 0.1) is 0 Å². The Kier molecular flexibility index (Phi) is 15.3. The summed E-state index contributed by atoms with van der Waals surface area (Å²) in [4.78, 5) is 0. The summed E-state index contributed by atoms with van der Waals surface area (Å²) >= 11 is 0. The van der Waals surface area contributed by atoms with Crippen LogP contribution in [0.5, 0.6) is 0 Å². The maximum atomic E-state index is 6.84. The second kappa shape index (κ2) is 14.9. The molecule has 0 bridgehead atoms. The van der Waals surface area contributed by atoms with Gasteiger partial charge in [-0.2, -0.15) is 0 Å². The van der Waals surface area contributed by atoms with Crippen LogP contribution in [0.25, 0.3) is 0 Å². The van der Waals surface area contributed by atoms with E-state index in [1.807, 2.05) is 0 Å². The largest absolute Gasteiger partial charge is 0.420 e. The van der Waals surface area contributed by atoms with Gasteiger partial charge < -0.3 is 4.43 Å². The fourth-order valence-corrected chi connectivity index (χ4v) is 26.5. The van der Waals surface area contributed by atoms with Gasteiger partial charge >= 0.3 is 0 Å². The van der Waals surface area contributed by atoms with Gasteiger partial charge in [0.2, 0.25) is 0 Å². The summed E-state index contributed by atoms with van der Waals surface area (Å²) in [5.74, 6) is 0. The van der Waals surface area contributed by atoms with Crippen LogP contribution in [-0.2, 0) is 4.43 Å². The van der Waals surface area contributed by atoms with E-state index in [2.05, 4.69) is 65.8 Å². The van der Waals surface area contributed by atoms with E-state index < -0.39 is 32.5 Å². The van der Waals surface area contributed by atoms with E-state index in [1.54, 1.807) is 5.67 Å². The van der Waals surface area contributed by atoms with Crippen molar-refractivity contribution in [3.8, 4) is 0 Å². The Bertz CT molecular complexity index is 426. The van der Waals surface area contributed by atoms with Gasteiger partial charge in [-0.05, 0) is 18.6 Å². The molecule has 1 atom stereocenters. The fourth-order valence-electron chi connectivity index (χ4n) is 4.77. The molecule has 0 saturated carbocycles. The highest BCUT2D eigenvalue weighted by molar-refractivity contribution is 6.95. The van der Waals surface area contributed by atoms with Crippen LogP contribution in [0.2, 0.25) is 82.7 Å². The maximum absolute atomic E-state index is 6.84. The van der Waals surface area contributed by atoms with Crippen LogP contribution >= 0.6 is 0 Å². The van der Waals surface area contributed by atoms with Crippen LogP contribution < -0.4 is 0 Å². The van der Waals surface area contributed by atoms with Gasteiger partial charge in [0.1, 0.15) is 0 Å². The predicted molar refractivity (Wildman–Crippen MR) is 153 cm³/mol. The van der Waals surface area contributed by atoms with Crippen molar-refractivity contribution in [1.29, 1.82) is 0 Å².